The Bertz CT molecular complexity index is 4350. The van der Waals surface area contributed by atoms with Crippen molar-refractivity contribution in [2.24, 2.45) is 0 Å². The molecule has 0 saturated heterocycles. The first-order valence-electron chi connectivity index (χ1n) is 22.9. The van der Waals surface area contributed by atoms with Crippen molar-refractivity contribution in [1.29, 1.82) is 5.26 Å². The van der Waals surface area contributed by atoms with Gasteiger partial charge in [-0.05, 0) is 102 Å². The Morgan fingerprint density at radius 1 is 0.373 bits per heavy atom. The summed E-state index contributed by atoms with van der Waals surface area (Å²) in [7, 11) is 0. The number of nitrogens with zero attached hydrogens (tertiary/aromatic N) is 5. The minimum atomic E-state index is 0.603. The molecule has 0 fully saturated rings. The third-order valence-corrected chi connectivity index (χ3v) is 14.0. The maximum Gasteiger partial charge on any atom is 0.104 e. The summed E-state index contributed by atoms with van der Waals surface area (Å²) in [6.45, 7) is 0. The zero-order valence-electron chi connectivity index (χ0n) is 36.3. The molecule has 1 aliphatic carbocycles. The van der Waals surface area contributed by atoms with Gasteiger partial charge in [0.2, 0.25) is 0 Å². The van der Waals surface area contributed by atoms with Gasteiger partial charge in [0.1, 0.15) is 11.6 Å². The molecule has 0 N–H and O–H groups in total. The summed E-state index contributed by atoms with van der Waals surface area (Å²) in [5.41, 5.74) is 15.6. The standard InChI is InChI=1S/C62H39N5/c63-39-52-58(66-55-30-16-10-24-44(55)48-32-33-57-49(36-60(48)66)45-25-11-14-28-53(45)64(57)42-20-6-2-7-21-42)34-41(40-18-4-1-5-19-40)35-59(52)67-56-31-17-13-27-47(56)51-37-61-50(38-62(51)67)46-26-12-15-29-54(46)65(61)43-22-8-3-9-23-43/h1-31,33-38H,32H2. The summed E-state index contributed by atoms with van der Waals surface area (Å²) in [4.78, 5) is 0. The highest BCUT2D eigenvalue weighted by Gasteiger charge is 2.26. The van der Waals surface area contributed by atoms with Gasteiger partial charge < -0.3 is 18.3 Å². The van der Waals surface area contributed by atoms with Crippen molar-refractivity contribution in [2.45, 2.75) is 6.42 Å². The normalized spacial score (nSPS) is 12.3. The molecule has 4 aromatic heterocycles. The zero-order chi connectivity index (χ0) is 44.2. The molecule has 5 heteroatoms. The molecule has 0 amide bonds. The third kappa shape index (κ3) is 5.42. The van der Waals surface area contributed by atoms with Gasteiger partial charge in [-0.1, -0.05) is 146 Å². The van der Waals surface area contributed by atoms with Gasteiger partial charge in [0, 0.05) is 48.9 Å². The molecule has 0 radical (unpaired) electrons. The van der Waals surface area contributed by atoms with E-state index >= 15 is 0 Å². The van der Waals surface area contributed by atoms with Crippen molar-refractivity contribution in [3.8, 4) is 39.9 Å². The fourth-order valence-electron chi connectivity index (χ4n) is 11.2. The van der Waals surface area contributed by atoms with Gasteiger partial charge in [0.15, 0.2) is 0 Å². The first-order valence-corrected chi connectivity index (χ1v) is 22.9. The Kier molecular flexibility index (Phi) is 8.04. The first-order chi connectivity index (χ1) is 33.2. The highest BCUT2D eigenvalue weighted by Crippen LogP contribution is 2.43. The van der Waals surface area contributed by atoms with Crippen LogP contribution in [0.1, 0.15) is 16.8 Å². The van der Waals surface area contributed by atoms with E-state index in [0.29, 0.717) is 5.56 Å². The number of hydrogen-bond donors (Lipinski definition) is 0. The smallest absolute Gasteiger partial charge is 0.104 e. The van der Waals surface area contributed by atoms with Crippen molar-refractivity contribution >= 4 is 77.6 Å². The maximum absolute atomic E-state index is 11.8. The van der Waals surface area contributed by atoms with Crippen molar-refractivity contribution < 1.29 is 0 Å². The molecular formula is C62H39N5. The highest BCUT2D eigenvalue weighted by molar-refractivity contribution is 6.19. The van der Waals surface area contributed by atoms with E-state index in [0.717, 1.165) is 95.3 Å². The summed E-state index contributed by atoms with van der Waals surface area (Å²) in [5.74, 6) is 0. The summed E-state index contributed by atoms with van der Waals surface area (Å²) in [6.07, 6.45) is 5.50. The summed E-state index contributed by atoms with van der Waals surface area (Å²) < 4.78 is 9.49. The number of para-hydroxylation sites is 6. The SMILES string of the molecule is N#Cc1c(-n2c3c(c4ccccc42)CC=c2c(c4ccccc4n2-c2ccccc2)=C3)cc(-c2ccccc2)cc1-n1c2ccccc2c2cc3c(cc21)c1ccccc1n3-c1ccccc1. The predicted molar refractivity (Wildman–Crippen MR) is 276 cm³/mol. The van der Waals surface area contributed by atoms with Crippen LogP contribution in [0.25, 0.3) is 111 Å². The van der Waals surface area contributed by atoms with Crippen LogP contribution in [-0.2, 0) is 6.42 Å². The van der Waals surface area contributed by atoms with Gasteiger partial charge in [0.05, 0.1) is 55.5 Å². The number of rotatable bonds is 5. The Morgan fingerprint density at radius 2 is 0.836 bits per heavy atom. The van der Waals surface area contributed by atoms with Gasteiger partial charge in [-0.3, -0.25) is 0 Å². The van der Waals surface area contributed by atoms with Crippen LogP contribution in [0.4, 0.5) is 0 Å². The van der Waals surface area contributed by atoms with E-state index in [1.807, 2.05) is 0 Å². The number of benzene rings is 9. The van der Waals surface area contributed by atoms with Gasteiger partial charge in [-0.2, -0.15) is 5.26 Å². The van der Waals surface area contributed by atoms with Crippen molar-refractivity contribution in [2.75, 3.05) is 0 Å². The van der Waals surface area contributed by atoms with Crippen molar-refractivity contribution in [3.63, 3.8) is 0 Å². The number of aromatic nitrogens is 4. The lowest BCUT2D eigenvalue weighted by atomic mass is 10.00. The van der Waals surface area contributed by atoms with E-state index < -0.39 is 0 Å². The van der Waals surface area contributed by atoms with Crippen molar-refractivity contribution in [3.05, 3.63) is 240 Å². The lowest BCUT2D eigenvalue weighted by Crippen LogP contribution is -2.28. The number of hydrogen-bond acceptors (Lipinski definition) is 1. The minimum absolute atomic E-state index is 0.603. The van der Waals surface area contributed by atoms with Crippen LogP contribution in [0, 0.1) is 11.3 Å². The lowest BCUT2D eigenvalue weighted by molar-refractivity contribution is 1.06. The highest BCUT2D eigenvalue weighted by atomic mass is 15.0. The quantitative estimate of drug-likeness (QED) is 0.170. The van der Waals surface area contributed by atoms with Gasteiger partial charge >= 0.3 is 0 Å². The molecule has 67 heavy (non-hydrogen) atoms. The summed E-state index contributed by atoms with van der Waals surface area (Å²) in [5, 5.41) is 21.1. The Labute approximate surface area is 385 Å². The van der Waals surface area contributed by atoms with E-state index in [9.17, 15) is 5.26 Å². The average molecular weight is 854 g/mol. The fraction of sp³-hybridized carbons (Fsp3) is 0.0161. The second-order valence-corrected chi connectivity index (χ2v) is 17.6. The van der Waals surface area contributed by atoms with Gasteiger partial charge in [-0.25, -0.2) is 0 Å². The van der Waals surface area contributed by atoms with Gasteiger partial charge in [-0.15, -0.1) is 0 Å². The Balaban J connectivity index is 1.11. The lowest BCUT2D eigenvalue weighted by Gasteiger charge is -2.19. The minimum Gasteiger partial charge on any atom is -0.310 e. The topological polar surface area (TPSA) is 43.5 Å². The number of fused-ring (bicyclic) bond motifs is 12. The molecule has 5 nitrogen and oxygen atoms in total. The van der Waals surface area contributed by atoms with E-state index in [2.05, 4.69) is 249 Å². The molecule has 312 valence electrons. The third-order valence-electron chi connectivity index (χ3n) is 14.0. The molecule has 13 aromatic rings. The summed E-state index contributed by atoms with van der Waals surface area (Å²) >= 11 is 0. The fourth-order valence-corrected chi connectivity index (χ4v) is 11.2. The molecule has 4 heterocycles. The van der Waals surface area contributed by atoms with Crippen LogP contribution < -0.4 is 10.6 Å². The van der Waals surface area contributed by atoms with Crippen LogP contribution in [0.2, 0.25) is 0 Å². The first kappa shape index (κ1) is 37.3. The molecule has 0 aliphatic heterocycles. The average Bonchev–Trinajstić information content (AvgIpc) is 4.05. The van der Waals surface area contributed by atoms with E-state index in [1.165, 1.54) is 32.3 Å². The zero-order valence-corrected chi connectivity index (χ0v) is 36.3. The van der Waals surface area contributed by atoms with E-state index in [4.69, 9.17) is 0 Å². The Hall–Kier alpha value is -9.11. The molecular weight excluding hydrogens is 815 g/mol. The molecule has 1 aliphatic rings. The summed E-state index contributed by atoms with van der Waals surface area (Å²) in [6, 6.07) is 78.7. The molecule has 0 unspecified atom stereocenters. The van der Waals surface area contributed by atoms with Crippen LogP contribution in [0.3, 0.4) is 0 Å². The van der Waals surface area contributed by atoms with E-state index in [-0.39, 0.29) is 0 Å². The van der Waals surface area contributed by atoms with Crippen LogP contribution in [0.15, 0.2) is 212 Å². The molecule has 0 saturated carbocycles. The van der Waals surface area contributed by atoms with Gasteiger partial charge in [0.25, 0.3) is 0 Å². The van der Waals surface area contributed by atoms with Crippen molar-refractivity contribution in [1.82, 2.24) is 18.3 Å². The molecule has 9 aromatic carbocycles. The predicted octanol–water partition coefficient (Wildman–Crippen LogP) is 13.5. The maximum atomic E-state index is 11.8. The number of nitriles is 1. The molecule has 0 bridgehead atoms. The second kappa shape index (κ2) is 14.5. The molecule has 0 atom stereocenters. The van der Waals surface area contributed by atoms with Crippen LogP contribution in [-0.4, -0.2) is 18.3 Å². The largest absolute Gasteiger partial charge is 0.310 e. The second-order valence-electron chi connectivity index (χ2n) is 17.6. The Morgan fingerprint density at radius 3 is 1.45 bits per heavy atom. The van der Waals surface area contributed by atoms with Crippen LogP contribution >= 0.6 is 0 Å². The monoisotopic (exact) mass is 853 g/mol. The van der Waals surface area contributed by atoms with E-state index in [1.54, 1.807) is 0 Å². The van der Waals surface area contributed by atoms with Crippen LogP contribution in [0.5, 0.6) is 0 Å². The molecule has 14 rings (SSSR count). The molecule has 0 spiro atoms.